The molecule has 2 N–H and O–H groups in total. The number of carbonyl (C=O) groups is 1. The van der Waals surface area contributed by atoms with E-state index in [1.54, 1.807) is 18.2 Å². The molecular formula is C13H14N2O2S. The molecular weight excluding hydrogens is 248 g/mol. The summed E-state index contributed by atoms with van der Waals surface area (Å²) in [5.74, 6) is -0.102. The maximum atomic E-state index is 11.8. The lowest BCUT2D eigenvalue weighted by Gasteiger charge is -2.07. The Bertz CT molecular complexity index is 578. The zero-order chi connectivity index (χ0) is 13.1. The number of anilines is 1. The molecule has 94 valence electrons. The number of hydrogen-bond acceptors (Lipinski definition) is 4. The summed E-state index contributed by atoms with van der Waals surface area (Å²) < 4.78 is 0. The fourth-order valence-corrected chi connectivity index (χ4v) is 2.34. The zero-order valence-electron chi connectivity index (χ0n) is 10.2. The Hall–Kier alpha value is -1.88. The molecule has 1 amide bonds. The molecule has 0 fully saturated rings. The number of phenols is 1. The van der Waals surface area contributed by atoms with Crippen LogP contribution >= 0.6 is 11.3 Å². The van der Waals surface area contributed by atoms with Gasteiger partial charge in [-0.1, -0.05) is 6.07 Å². The minimum Gasteiger partial charge on any atom is -0.506 e. The van der Waals surface area contributed by atoms with Crippen molar-refractivity contribution in [1.29, 1.82) is 0 Å². The topological polar surface area (TPSA) is 62.2 Å². The third kappa shape index (κ3) is 3.07. The van der Waals surface area contributed by atoms with Crippen molar-refractivity contribution in [1.82, 2.24) is 4.98 Å². The molecule has 2 aromatic rings. The third-order valence-electron chi connectivity index (χ3n) is 2.40. The van der Waals surface area contributed by atoms with Crippen LogP contribution in [0.4, 0.5) is 5.69 Å². The summed E-state index contributed by atoms with van der Waals surface area (Å²) in [4.78, 5) is 16.0. The second-order valence-electron chi connectivity index (χ2n) is 4.13. The molecule has 18 heavy (non-hydrogen) atoms. The molecule has 0 saturated heterocycles. The fourth-order valence-electron chi connectivity index (χ4n) is 1.57. The lowest BCUT2D eigenvalue weighted by atomic mass is 10.2. The second kappa shape index (κ2) is 5.18. The molecule has 4 nitrogen and oxygen atoms in total. The molecule has 0 aliphatic heterocycles. The van der Waals surface area contributed by atoms with Gasteiger partial charge in [-0.3, -0.25) is 4.79 Å². The van der Waals surface area contributed by atoms with Gasteiger partial charge < -0.3 is 10.4 Å². The van der Waals surface area contributed by atoms with Crippen molar-refractivity contribution >= 4 is 22.9 Å². The van der Waals surface area contributed by atoms with Gasteiger partial charge in [-0.05, 0) is 31.5 Å². The van der Waals surface area contributed by atoms with Crippen LogP contribution in [0.2, 0.25) is 0 Å². The minimum absolute atomic E-state index is 0.0734. The number of nitrogens with one attached hydrogen (secondary N) is 1. The van der Waals surface area contributed by atoms with Crippen LogP contribution in [0.25, 0.3) is 0 Å². The van der Waals surface area contributed by atoms with E-state index in [-0.39, 0.29) is 18.1 Å². The maximum absolute atomic E-state index is 11.8. The smallest absolute Gasteiger partial charge is 0.231 e. The summed E-state index contributed by atoms with van der Waals surface area (Å²) in [5, 5.41) is 15.0. The molecule has 0 saturated carbocycles. The minimum atomic E-state index is -0.176. The number of aryl methyl sites for hydroxylation is 2. The highest BCUT2D eigenvalue weighted by Crippen LogP contribution is 2.24. The van der Waals surface area contributed by atoms with Crippen molar-refractivity contribution < 1.29 is 9.90 Å². The van der Waals surface area contributed by atoms with Crippen LogP contribution < -0.4 is 5.32 Å². The van der Waals surface area contributed by atoms with E-state index in [2.05, 4.69) is 10.3 Å². The van der Waals surface area contributed by atoms with Crippen molar-refractivity contribution in [2.24, 2.45) is 0 Å². The number of nitrogens with zero attached hydrogens (tertiary/aromatic N) is 1. The molecule has 0 aliphatic carbocycles. The van der Waals surface area contributed by atoms with E-state index in [4.69, 9.17) is 0 Å². The van der Waals surface area contributed by atoms with Crippen LogP contribution in [0.1, 0.15) is 16.3 Å². The molecule has 1 heterocycles. The van der Waals surface area contributed by atoms with Crippen molar-refractivity contribution in [2.45, 2.75) is 20.3 Å². The predicted molar refractivity (Wildman–Crippen MR) is 72.0 cm³/mol. The van der Waals surface area contributed by atoms with E-state index in [1.165, 1.54) is 11.3 Å². The largest absolute Gasteiger partial charge is 0.506 e. The molecule has 0 atom stereocenters. The highest BCUT2D eigenvalue weighted by atomic mass is 32.1. The number of amides is 1. The average Bonchev–Trinajstić information content (AvgIpc) is 2.69. The lowest BCUT2D eigenvalue weighted by molar-refractivity contribution is -0.115. The van der Waals surface area contributed by atoms with Crippen LogP contribution in [0.15, 0.2) is 23.6 Å². The number of phenolic OH excluding ortho intramolecular Hbond substituents is 1. The third-order valence-corrected chi connectivity index (χ3v) is 3.37. The van der Waals surface area contributed by atoms with E-state index in [0.29, 0.717) is 5.69 Å². The number of aromatic nitrogens is 1. The molecule has 0 unspecified atom stereocenters. The molecule has 1 aromatic carbocycles. The maximum Gasteiger partial charge on any atom is 0.231 e. The first kappa shape index (κ1) is 12.6. The van der Waals surface area contributed by atoms with Crippen LogP contribution in [-0.2, 0) is 11.2 Å². The molecule has 1 aromatic heterocycles. The molecule has 0 radical (unpaired) electrons. The average molecular weight is 262 g/mol. The van der Waals surface area contributed by atoms with Gasteiger partial charge in [0.25, 0.3) is 0 Å². The van der Waals surface area contributed by atoms with Crippen molar-refractivity contribution in [2.75, 3.05) is 5.32 Å². The van der Waals surface area contributed by atoms with E-state index in [1.807, 2.05) is 19.2 Å². The van der Waals surface area contributed by atoms with Crippen molar-refractivity contribution in [3.8, 4) is 5.75 Å². The first-order valence-corrected chi connectivity index (χ1v) is 6.43. The SMILES string of the molecule is Cc1ccc(O)c(NC(=O)Cc2nc(C)cs2)c1. The summed E-state index contributed by atoms with van der Waals surface area (Å²) in [6.45, 7) is 3.80. The van der Waals surface area contributed by atoms with Crippen molar-refractivity contribution in [3.05, 3.63) is 39.8 Å². The number of hydrogen-bond donors (Lipinski definition) is 2. The first-order valence-electron chi connectivity index (χ1n) is 5.55. The molecule has 0 bridgehead atoms. The van der Waals surface area contributed by atoms with Gasteiger partial charge in [-0.15, -0.1) is 11.3 Å². The Morgan fingerprint density at radius 2 is 2.22 bits per heavy atom. The number of benzene rings is 1. The Morgan fingerprint density at radius 1 is 1.44 bits per heavy atom. The summed E-state index contributed by atoms with van der Waals surface area (Å²) in [6.07, 6.45) is 0.228. The van der Waals surface area contributed by atoms with Crippen LogP contribution in [0.3, 0.4) is 0 Å². The predicted octanol–water partition coefficient (Wildman–Crippen LogP) is 2.65. The number of carbonyl (C=O) groups excluding carboxylic acids is 1. The first-order chi connectivity index (χ1) is 8.54. The number of rotatable bonds is 3. The monoisotopic (exact) mass is 262 g/mol. The Kier molecular flexibility index (Phi) is 3.62. The molecule has 2 rings (SSSR count). The van der Waals surface area contributed by atoms with Gasteiger partial charge >= 0.3 is 0 Å². The van der Waals surface area contributed by atoms with Gasteiger partial charge in [0, 0.05) is 11.1 Å². The van der Waals surface area contributed by atoms with Crippen LogP contribution in [0, 0.1) is 13.8 Å². The molecule has 0 aliphatic rings. The van der Waals surface area contributed by atoms with Gasteiger partial charge in [-0.2, -0.15) is 0 Å². The molecule has 0 spiro atoms. The lowest BCUT2D eigenvalue weighted by Crippen LogP contribution is -2.14. The van der Waals surface area contributed by atoms with Gasteiger partial charge in [0.1, 0.15) is 10.8 Å². The van der Waals surface area contributed by atoms with Gasteiger partial charge in [0.15, 0.2) is 0 Å². The highest BCUT2D eigenvalue weighted by molar-refractivity contribution is 7.09. The van der Waals surface area contributed by atoms with E-state index in [9.17, 15) is 9.90 Å². The van der Waals surface area contributed by atoms with Gasteiger partial charge in [0.2, 0.25) is 5.91 Å². The Labute approximate surface area is 109 Å². The summed E-state index contributed by atoms with van der Waals surface area (Å²) >= 11 is 1.46. The van der Waals surface area contributed by atoms with Crippen LogP contribution in [-0.4, -0.2) is 16.0 Å². The Morgan fingerprint density at radius 3 is 2.89 bits per heavy atom. The standard InChI is InChI=1S/C13H14N2O2S/c1-8-3-4-11(16)10(5-8)15-12(17)6-13-14-9(2)7-18-13/h3-5,7,16H,6H2,1-2H3,(H,15,17). The van der Waals surface area contributed by atoms with Crippen LogP contribution in [0.5, 0.6) is 5.75 Å². The highest BCUT2D eigenvalue weighted by Gasteiger charge is 2.09. The van der Waals surface area contributed by atoms with E-state index < -0.39 is 0 Å². The zero-order valence-corrected chi connectivity index (χ0v) is 11.0. The Balaban J connectivity index is 2.05. The summed E-state index contributed by atoms with van der Waals surface area (Å²) in [5.41, 5.74) is 2.34. The fraction of sp³-hybridized carbons (Fsp3) is 0.231. The second-order valence-corrected chi connectivity index (χ2v) is 5.07. The van der Waals surface area contributed by atoms with Gasteiger partial charge in [-0.25, -0.2) is 4.98 Å². The molecule has 5 heteroatoms. The normalized spacial score (nSPS) is 10.3. The summed E-state index contributed by atoms with van der Waals surface area (Å²) in [6, 6.07) is 5.09. The quantitative estimate of drug-likeness (QED) is 0.836. The van der Waals surface area contributed by atoms with Crippen molar-refractivity contribution in [3.63, 3.8) is 0 Å². The van der Waals surface area contributed by atoms with E-state index >= 15 is 0 Å². The van der Waals surface area contributed by atoms with Gasteiger partial charge in [0.05, 0.1) is 12.1 Å². The van der Waals surface area contributed by atoms with E-state index in [0.717, 1.165) is 16.3 Å². The number of thiazole rings is 1. The summed E-state index contributed by atoms with van der Waals surface area (Å²) in [7, 11) is 0. The number of aromatic hydroxyl groups is 1.